The molecule has 3 nitrogen and oxygen atoms in total. The van der Waals surface area contributed by atoms with Crippen LogP contribution in [0.4, 0.5) is 5.69 Å². The molecule has 0 bridgehead atoms. The summed E-state index contributed by atoms with van der Waals surface area (Å²) in [6.07, 6.45) is 0. The number of para-hydroxylation sites is 1. The highest BCUT2D eigenvalue weighted by molar-refractivity contribution is 6.32. The minimum Gasteiger partial charge on any atom is -0.508 e. The van der Waals surface area contributed by atoms with Crippen molar-refractivity contribution in [3.05, 3.63) is 53.1 Å². The average Bonchev–Trinajstić information content (AvgIpc) is 2.30. The maximum absolute atomic E-state index is 9.22. The maximum atomic E-state index is 9.22. The van der Waals surface area contributed by atoms with E-state index < -0.39 is 0 Å². The lowest BCUT2D eigenvalue weighted by Crippen LogP contribution is -2.00. The number of ether oxygens (including phenoxy) is 1. The Morgan fingerprint density at radius 3 is 2.65 bits per heavy atom. The molecule has 0 heterocycles. The molecule has 0 aliphatic carbocycles. The van der Waals surface area contributed by atoms with Crippen LogP contribution in [0, 0.1) is 0 Å². The Kier molecular flexibility index (Phi) is 3.40. The monoisotopic (exact) mass is 249 g/mol. The zero-order valence-electron chi connectivity index (χ0n) is 9.06. The van der Waals surface area contributed by atoms with E-state index in [4.69, 9.17) is 22.1 Å². The van der Waals surface area contributed by atoms with E-state index in [2.05, 4.69) is 0 Å². The molecule has 0 unspecified atom stereocenters. The van der Waals surface area contributed by atoms with Gasteiger partial charge >= 0.3 is 0 Å². The summed E-state index contributed by atoms with van der Waals surface area (Å²) in [7, 11) is 0. The van der Waals surface area contributed by atoms with Gasteiger partial charge in [-0.15, -0.1) is 0 Å². The number of hydrogen-bond donors (Lipinski definition) is 2. The molecule has 2 aromatic carbocycles. The maximum Gasteiger partial charge on any atom is 0.138 e. The summed E-state index contributed by atoms with van der Waals surface area (Å²) in [5, 5.41) is 9.78. The van der Waals surface area contributed by atoms with Crippen molar-refractivity contribution < 1.29 is 9.84 Å². The lowest BCUT2D eigenvalue weighted by Gasteiger charge is -2.09. The van der Waals surface area contributed by atoms with Crippen LogP contribution < -0.4 is 10.5 Å². The molecule has 0 atom stereocenters. The summed E-state index contributed by atoms with van der Waals surface area (Å²) in [5.41, 5.74) is 7.06. The molecule has 0 saturated heterocycles. The van der Waals surface area contributed by atoms with Gasteiger partial charge in [0.1, 0.15) is 18.1 Å². The van der Waals surface area contributed by atoms with E-state index in [1.54, 1.807) is 24.3 Å². The van der Waals surface area contributed by atoms with Gasteiger partial charge in [-0.25, -0.2) is 0 Å². The number of hydrogen-bond acceptors (Lipinski definition) is 3. The summed E-state index contributed by atoms with van der Waals surface area (Å²) in [6.45, 7) is 0.315. The normalized spacial score (nSPS) is 10.2. The first-order chi connectivity index (χ1) is 8.16. The molecule has 0 spiro atoms. The number of anilines is 1. The molecule has 2 rings (SSSR count). The van der Waals surface area contributed by atoms with E-state index >= 15 is 0 Å². The number of phenols is 1. The number of halogens is 1. The zero-order valence-corrected chi connectivity index (χ0v) is 9.82. The summed E-state index contributed by atoms with van der Waals surface area (Å²) >= 11 is 5.96. The number of aromatic hydroxyl groups is 1. The van der Waals surface area contributed by atoms with Crippen molar-refractivity contribution in [1.29, 1.82) is 0 Å². The second kappa shape index (κ2) is 4.97. The molecule has 0 fully saturated rings. The standard InChI is InChI=1S/C13H12ClNO2/c14-11-3-1-2-4-13(11)17-8-9-5-6-10(16)7-12(9)15/h1-7,16H,8,15H2. The van der Waals surface area contributed by atoms with Gasteiger partial charge in [0.05, 0.1) is 5.02 Å². The van der Waals surface area contributed by atoms with Gasteiger partial charge in [0.25, 0.3) is 0 Å². The van der Waals surface area contributed by atoms with Crippen molar-refractivity contribution in [2.75, 3.05) is 5.73 Å². The first-order valence-electron chi connectivity index (χ1n) is 5.11. The second-order valence-electron chi connectivity index (χ2n) is 3.60. The van der Waals surface area contributed by atoms with Crippen molar-refractivity contribution in [1.82, 2.24) is 0 Å². The predicted molar refractivity (Wildman–Crippen MR) is 68.3 cm³/mol. The Labute approximate surface area is 104 Å². The topological polar surface area (TPSA) is 55.5 Å². The van der Waals surface area contributed by atoms with Crippen LogP contribution in [-0.4, -0.2) is 5.11 Å². The Hall–Kier alpha value is -1.87. The largest absolute Gasteiger partial charge is 0.508 e. The van der Waals surface area contributed by atoms with Crippen molar-refractivity contribution in [3.63, 3.8) is 0 Å². The summed E-state index contributed by atoms with van der Waals surface area (Å²) in [6, 6.07) is 12.0. The molecule has 0 amide bonds. The quantitative estimate of drug-likeness (QED) is 0.822. The smallest absolute Gasteiger partial charge is 0.138 e. The third-order valence-electron chi connectivity index (χ3n) is 2.35. The van der Waals surface area contributed by atoms with E-state index in [1.807, 2.05) is 12.1 Å². The van der Waals surface area contributed by atoms with Crippen LogP contribution in [0.5, 0.6) is 11.5 Å². The molecule has 4 heteroatoms. The van der Waals surface area contributed by atoms with Crippen LogP contribution in [0.3, 0.4) is 0 Å². The van der Waals surface area contributed by atoms with Gasteiger partial charge in [0, 0.05) is 17.3 Å². The molecule has 0 aliphatic rings. The van der Waals surface area contributed by atoms with E-state index in [0.717, 1.165) is 5.56 Å². The van der Waals surface area contributed by atoms with Crippen molar-refractivity contribution >= 4 is 17.3 Å². The third-order valence-corrected chi connectivity index (χ3v) is 2.66. The SMILES string of the molecule is Nc1cc(O)ccc1COc1ccccc1Cl. The van der Waals surface area contributed by atoms with Crippen molar-refractivity contribution in [2.45, 2.75) is 6.61 Å². The van der Waals surface area contributed by atoms with Gasteiger partial charge in [-0.3, -0.25) is 0 Å². The molecule has 0 saturated carbocycles. The Morgan fingerprint density at radius 2 is 1.94 bits per heavy atom. The number of benzene rings is 2. The van der Waals surface area contributed by atoms with Crippen LogP contribution in [-0.2, 0) is 6.61 Å². The minimum atomic E-state index is 0.143. The van der Waals surface area contributed by atoms with E-state index in [9.17, 15) is 5.11 Å². The lowest BCUT2D eigenvalue weighted by atomic mass is 10.2. The molecular weight excluding hydrogens is 238 g/mol. The van der Waals surface area contributed by atoms with Gasteiger partial charge in [0.2, 0.25) is 0 Å². The molecule has 0 aromatic heterocycles. The van der Waals surface area contributed by atoms with E-state index in [1.165, 1.54) is 6.07 Å². The molecular formula is C13H12ClNO2. The van der Waals surface area contributed by atoms with Gasteiger partial charge in [-0.05, 0) is 24.3 Å². The van der Waals surface area contributed by atoms with Gasteiger partial charge in [0.15, 0.2) is 0 Å². The Bertz CT molecular complexity index is 529. The van der Waals surface area contributed by atoms with E-state index in [-0.39, 0.29) is 5.75 Å². The fourth-order valence-electron chi connectivity index (χ4n) is 1.43. The van der Waals surface area contributed by atoms with Crippen LogP contribution in [0.2, 0.25) is 5.02 Å². The van der Waals surface area contributed by atoms with Crippen LogP contribution in [0.15, 0.2) is 42.5 Å². The van der Waals surface area contributed by atoms with Crippen molar-refractivity contribution in [3.8, 4) is 11.5 Å². The summed E-state index contributed by atoms with van der Waals surface area (Å²) in [5.74, 6) is 0.755. The minimum absolute atomic E-state index is 0.143. The van der Waals surface area contributed by atoms with Crippen LogP contribution >= 0.6 is 11.6 Å². The first kappa shape index (κ1) is 11.6. The second-order valence-corrected chi connectivity index (χ2v) is 4.01. The van der Waals surface area contributed by atoms with Gasteiger partial charge < -0.3 is 15.6 Å². The Balaban J connectivity index is 2.10. The summed E-state index contributed by atoms with van der Waals surface area (Å²) in [4.78, 5) is 0. The molecule has 0 aliphatic heterocycles. The number of nitrogen functional groups attached to an aromatic ring is 1. The number of phenolic OH excluding ortho intramolecular Hbond substituents is 1. The Morgan fingerprint density at radius 1 is 1.18 bits per heavy atom. The third kappa shape index (κ3) is 2.82. The number of nitrogens with two attached hydrogens (primary N) is 1. The predicted octanol–water partition coefficient (Wildman–Crippen LogP) is 3.21. The fourth-order valence-corrected chi connectivity index (χ4v) is 1.62. The number of rotatable bonds is 3. The zero-order chi connectivity index (χ0) is 12.3. The van der Waals surface area contributed by atoms with Gasteiger partial charge in [-0.1, -0.05) is 23.7 Å². The molecule has 0 radical (unpaired) electrons. The summed E-state index contributed by atoms with van der Waals surface area (Å²) < 4.78 is 5.55. The van der Waals surface area contributed by atoms with Gasteiger partial charge in [-0.2, -0.15) is 0 Å². The molecule has 2 aromatic rings. The molecule has 88 valence electrons. The first-order valence-corrected chi connectivity index (χ1v) is 5.49. The molecule has 3 N–H and O–H groups in total. The lowest BCUT2D eigenvalue weighted by molar-refractivity contribution is 0.307. The molecule has 17 heavy (non-hydrogen) atoms. The van der Waals surface area contributed by atoms with Crippen molar-refractivity contribution in [2.24, 2.45) is 0 Å². The van der Waals surface area contributed by atoms with Crippen LogP contribution in [0.1, 0.15) is 5.56 Å². The highest BCUT2D eigenvalue weighted by atomic mass is 35.5. The highest BCUT2D eigenvalue weighted by Gasteiger charge is 2.03. The highest BCUT2D eigenvalue weighted by Crippen LogP contribution is 2.25. The average molecular weight is 250 g/mol. The fraction of sp³-hybridized carbons (Fsp3) is 0.0769. The van der Waals surface area contributed by atoms with E-state index in [0.29, 0.717) is 23.1 Å². The van der Waals surface area contributed by atoms with Crippen LogP contribution in [0.25, 0.3) is 0 Å².